The molecule has 0 spiro atoms. The van der Waals surface area contributed by atoms with Gasteiger partial charge < -0.3 is 10.4 Å². The second kappa shape index (κ2) is 6.17. The van der Waals surface area contributed by atoms with Gasteiger partial charge in [-0.2, -0.15) is 13.2 Å². The molecule has 1 aromatic rings. The molecule has 1 atom stereocenters. The number of thioether (sulfide) groups is 1. The molecule has 4 nitrogen and oxygen atoms in total. The van der Waals surface area contributed by atoms with E-state index in [9.17, 15) is 22.8 Å². The van der Waals surface area contributed by atoms with E-state index in [1.807, 2.05) is 0 Å². The molecule has 1 aromatic carbocycles. The Balaban J connectivity index is 2.67. The minimum atomic E-state index is -5.08. The standard InChI is InChI=1S/C12H12F3NO3S/c1-11(10(18)19,12(13,14)15)16-9(17)7-20-8-5-3-2-4-6-8/h2-6H,7H2,1H3,(H,16,17)(H,18,19). The summed E-state index contributed by atoms with van der Waals surface area (Å²) in [6.07, 6.45) is -5.08. The molecule has 1 rings (SSSR count). The van der Waals surface area contributed by atoms with Crippen molar-refractivity contribution in [2.75, 3.05) is 5.75 Å². The van der Waals surface area contributed by atoms with Crippen LogP contribution >= 0.6 is 11.8 Å². The van der Waals surface area contributed by atoms with Crippen LogP contribution in [0.15, 0.2) is 35.2 Å². The van der Waals surface area contributed by atoms with E-state index in [4.69, 9.17) is 5.11 Å². The lowest BCUT2D eigenvalue weighted by Crippen LogP contribution is -2.62. The number of hydrogen-bond acceptors (Lipinski definition) is 3. The number of benzene rings is 1. The highest BCUT2D eigenvalue weighted by Crippen LogP contribution is 2.30. The first-order chi connectivity index (χ1) is 9.17. The van der Waals surface area contributed by atoms with Gasteiger partial charge in [-0.05, 0) is 19.1 Å². The van der Waals surface area contributed by atoms with Crippen molar-refractivity contribution in [1.82, 2.24) is 5.32 Å². The van der Waals surface area contributed by atoms with Crippen LogP contribution in [-0.2, 0) is 9.59 Å². The molecule has 1 amide bonds. The molecule has 0 saturated heterocycles. The highest BCUT2D eigenvalue weighted by molar-refractivity contribution is 8.00. The minimum absolute atomic E-state index is 0.303. The maximum Gasteiger partial charge on any atom is 0.422 e. The van der Waals surface area contributed by atoms with Gasteiger partial charge >= 0.3 is 12.1 Å². The molecular weight excluding hydrogens is 295 g/mol. The third-order valence-corrected chi connectivity index (χ3v) is 3.51. The lowest BCUT2D eigenvalue weighted by Gasteiger charge is -2.28. The molecular formula is C12H12F3NO3S. The molecule has 0 fully saturated rings. The molecule has 0 aliphatic heterocycles. The molecule has 0 saturated carbocycles. The summed E-state index contributed by atoms with van der Waals surface area (Å²) in [6.45, 7) is 0.417. The van der Waals surface area contributed by atoms with E-state index >= 15 is 0 Å². The smallest absolute Gasteiger partial charge is 0.422 e. The van der Waals surface area contributed by atoms with E-state index < -0.39 is 23.6 Å². The van der Waals surface area contributed by atoms with Gasteiger partial charge in [0.2, 0.25) is 11.4 Å². The molecule has 0 aliphatic rings. The number of alkyl halides is 3. The monoisotopic (exact) mass is 307 g/mol. The van der Waals surface area contributed by atoms with Gasteiger partial charge in [0.05, 0.1) is 5.75 Å². The average Bonchev–Trinajstić information content (AvgIpc) is 2.36. The number of hydrogen-bond donors (Lipinski definition) is 2. The van der Waals surface area contributed by atoms with E-state index in [-0.39, 0.29) is 5.75 Å². The summed E-state index contributed by atoms with van der Waals surface area (Å²) in [4.78, 5) is 22.9. The highest BCUT2D eigenvalue weighted by atomic mass is 32.2. The van der Waals surface area contributed by atoms with E-state index in [1.165, 1.54) is 5.32 Å². The summed E-state index contributed by atoms with van der Waals surface area (Å²) in [6, 6.07) is 8.58. The van der Waals surface area contributed by atoms with Crippen molar-refractivity contribution in [2.45, 2.75) is 23.5 Å². The number of amides is 1. The largest absolute Gasteiger partial charge is 0.479 e. The number of aliphatic carboxylic acids is 1. The first-order valence-electron chi connectivity index (χ1n) is 5.46. The van der Waals surface area contributed by atoms with Crippen LogP contribution in [0.1, 0.15) is 6.92 Å². The Hall–Kier alpha value is -1.70. The fraction of sp³-hybridized carbons (Fsp3) is 0.333. The normalized spacial score (nSPS) is 14.4. The molecule has 0 bridgehead atoms. The van der Waals surface area contributed by atoms with Crippen LogP contribution in [0, 0.1) is 0 Å². The Morgan fingerprint density at radius 3 is 2.25 bits per heavy atom. The molecule has 1 unspecified atom stereocenters. The minimum Gasteiger partial charge on any atom is -0.479 e. The topological polar surface area (TPSA) is 66.4 Å². The quantitative estimate of drug-likeness (QED) is 0.819. The SMILES string of the molecule is CC(NC(=O)CSc1ccccc1)(C(=O)O)C(F)(F)F. The summed E-state index contributed by atoms with van der Waals surface area (Å²) >= 11 is 1.02. The van der Waals surface area contributed by atoms with Crippen LogP contribution in [0.25, 0.3) is 0 Å². The van der Waals surface area contributed by atoms with E-state index in [0.29, 0.717) is 11.8 Å². The molecule has 0 aliphatic carbocycles. The average molecular weight is 307 g/mol. The number of rotatable bonds is 5. The Morgan fingerprint density at radius 1 is 1.25 bits per heavy atom. The summed E-state index contributed by atoms with van der Waals surface area (Å²) < 4.78 is 38.0. The van der Waals surface area contributed by atoms with E-state index in [2.05, 4.69) is 0 Å². The number of carbonyl (C=O) groups excluding carboxylic acids is 1. The van der Waals surface area contributed by atoms with Gasteiger partial charge in [-0.3, -0.25) is 4.79 Å². The molecule has 8 heteroatoms. The van der Waals surface area contributed by atoms with Crippen LogP contribution < -0.4 is 5.32 Å². The summed E-state index contributed by atoms with van der Waals surface area (Å²) in [5.74, 6) is -3.45. The van der Waals surface area contributed by atoms with Crippen LogP contribution in [0.4, 0.5) is 13.2 Å². The summed E-state index contributed by atoms with van der Waals surface area (Å²) in [5.41, 5.74) is -3.29. The number of halogens is 3. The van der Waals surface area contributed by atoms with Crippen molar-refractivity contribution >= 4 is 23.6 Å². The van der Waals surface area contributed by atoms with Crippen LogP contribution in [0.5, 0.6) is 0 Å². The summed E-state index contributed by atoms with van der Waals surface area (Å²) in [5, 5.41) is 10.2. The molecule has 110 valence electrons. The van der Waals surface area contributed by atoms with Crippen LogP contribution in [0.2, 0.25) is 0 Å². The number of carboxylic acids is 1. The zero-order valence-corrected chi connectivity index (χ0v) is 11.2. The lowest BCUT2D eigenvalue weighted by molar-refractivity contribution is -0.206. The van der Waals surface area contributed by atoms with Gasteiger partial charge in [0, 0.05) is 4.90 Å². The Kier molecular flexibility index (Phi) is 5.04. The van der Waals surface area contributed by atoms with Crippen molar-refractivity contribution in [2.24, 2.45) is 0 Å². The fourth-order valence-corrected chi connectivity index (χ4v) is 1.95. The zero-order chi connectivity index (χ0) is 15.4. The molecule has 20 heavy (non-hydrogen) atoms. The molecule has 2 N–H and O–H groups in total. The van der Waals surface area contributed by atoms with Crippen molar-refractivity contribution in [3.8, 4) is 0 Å². The van der Waals surface area contributed by atoms with Crippen molar-refractivity contribution in [3.05, 3.63) is 30.3 Å². The highest BCUT2D eigenvalue weighted by Gasteiger charge is 2.58. The van der Waals surface area contributed by atoms with E-state index in [0.717, 1.165) is 11.8 Å². The number of nitrogens with one attached hydrogen (secondary N) is 1. The van der Waals surface area contributed by atoms with Crippen molar-refractivity contribution in [1.29, 1.82) is 0 Å². The second-order valence-corrected chi connectivity index (χ2v) is 5.13. The van der Waals surface area contributed by atoms with Gasteiger partial charge in [0.15, 0.2) is 0 Å². The van der Waals surface area contributed by atoms with Crippen LogP contribution in [-0.4, -0.2) is 34.5 Å². The van der Waals surface area contributed by atoms with Gasteiger partial charge in [-0.15, -0.1) is 11.8 Å². The van der Waals surface area contributed by atoms with Gasteiger partial charge in [-0.1, -0.05) is 18.2 Å². The summed E-state index contributed by atoms with van der Waals surface area (Å²) in [7, 11) is 0. The first kappa shape index (κ1) is 16.4. The van der Waals surface area contributed by atoms with E-state index in [1.54, 1.807) is 30.3 Å². The Bertz CT molecular complexity index is 492. The maximum atomic E-state index is 12.7. The Labute approximate surface area is 117 Å². The van der Waals surface area contributed by atoms with Crippen molar-refractivity contribution < 1.29 is 27.9 Å². The first-order valence-corrected chi connectivity index (χ1v) is 6.44. The molecule has 0 heterocycles. The fourth-order valence-electron chi connectivity index (χ4n) is 1.23. The lowest BCUT2D eigenvalue weighted by atomic mass is 10.0. The molecule has 0 radical (unpaired) electrons. The number of carboxylic acid groups (broad SMARTS) is 1. The predicted molar refractivity (Wildman–Crippen MR) is 67.4 cm³/mol. The molecule has 0 aromatic heterocycles. The van der Waals surface area contributed by atoms with Gasteiger partial charge in [0.25, 0.3) is 0 Å². The second-order valence-electron chi connectivity index (χ2n) is 4.08. The zero-order valence-electron chi connectivity index (χ0n) is 10.4. The van der Waals surface area contributed by atoms with Crippen LogP contribution in [0.3, 0.4) is 0 Å². The number of carbonyl (C=O) groups is 2. The van der Waals surface area contributed by atoms with Gasteiger partial charge in [-0.25, -0.2) is 4.79 Å². The predicted octanol–water partition coefficient (Wildman–Crippen LogP) is 2.30. The third kappa shape index (κ3) is 3.89. The third-order valence-electron chi connectivity index (χ3n) is 2.50. The Morgan fingerprint density at radius 2 is 1.80 bits per heavy atom. The van der Waals surface area contributed by atoms with Crippen molar-refractivity contribution in [3.63, 3.8) is 0 Å². The maximum absolute atomic E-state index is 12.7. The van der Waals surface area contributed by atoms with Gasteiger partial charge in [0.1, 0.15) is 0 Å².